The van der Waals surface area contributed by atoms with Crippen molar-refractivity contribution in [3.8, 4) is 0 Å². The largest absolute Gasteiger partial charge is 0.340 e. The second-order valence-corrected chi connectivity index (χ2v) is 8.65. The van der Waals surface area contributed by atoms with E-state index in [-0.39, 0.29) is 29.4 Å². The molecule has 0 aromatic heterocycles. The maximum Gasteiger partial charge on any atom is 0.242 e. The fourth-order valence-corrected chi connectivity index (χ4v) is 5.11. The van der Waals surface area contributed by atoms with Crippen LogP contribution in [0.4, 0.5) is 8.78 Å². The first-order valence-electron chi connectivity index (χ1n) is 7.77. The van der Waals surface area contributed by atoms with Crippen LogP contribution >= 0.6 is 35.7 Å². The van der Waals surface area contributed by atoms with Crippen LogP contribution in [0.1, 0.15) is 17.2 Å². The molecule has 0 aliphatic carbocycles. The maximum absolute atomic E-state index is 14.0. The van der Waals surface area contributed by atoms with E-state index in [1.54, 1.807) is 4.90 Å². The lowest BCUT2D eigenvalue weighted by Gasteiger charge is -2.23. The van der Waals surface area contributed by atoms with Gasteiger partial charge in [-0.3, -0.25) is 14.5 Å². The standard InChI is InChI=1S/C16H16F2N2O2S3/c17-10-1-2-12(18)11(7-10)13-3-4-19(5-6-24-13)14(21)8-20-15(22)9-25-16(20)23/h1-2,7,13H,3-6,8-9H2/t13-/m1/s1. The molecule has 0 spiro atoms. The van der Waals surface area contributed by atoms with Crippen molar-refractivity contribution in [3.05, 3.63) is 35.4 Å². The van der Waals surface area contributed by atoms with Gasteiger partial charge in [0.1, 0.15) is 22.5 Å². The van der Waals surface area contributed by atoms with Gasteiger partial charge in [-0.25, -0.2) is 8.78 Å². The van der Waals surface area contributed by atoms with Crippen molar-refractivity contribution in [1.29, 1.82) is 0 Å². The summed E-state index contributed by atoms with van der Waals surface area (Å²) in [6.45, 7) is 0.904. The average Bonchev–Trinajstić information content (AvgIpc) is 2.80. The third-order valence-corrected chi connectivity index (χ3v) is 6.88. The number of hydrogen-bond acceptors (Lipinski definition) is 5. The normalized spacial score (nSPS) is 21.6. The topological polar surface area (TPSA) is 40.6 Å². The molecule has 2 heterocycles. The van der Waals surface area contributed by atoms with Crippen molar-refractivity contribution in [3.63, 3.8) is 0 Å². The summed E-state index contributed by atoms with van der Waals surface area (Å²) in [5, 5.41) is -0.196. The van der Waals surface area contributed by atoms with Gasteiger partial charge in [0.05, 0.1) is 5.75 Å². The molecule has 1 atom stereocenters. The Balaban J connectivity index is 1.63. The molecule has 1 aromatic carbocycles. The fourth-order valence-electron chi connectivity index (χ4n) is 2.80. The molecule has 0 N–H and O–H groups in total. The van der Waals surface area contributed by atoms with E-state index in [0.29, 0.717) is 35.1 Å². The second kappa shape index (κ2) is 8.01. The molecule has 2 aliphatic heterocycles. The summed E-state index contributed by atoms with van der Waals surface area (Å²) in [5.41, 5.74) is 0.339. The van der Waals surface area contributed by atoms with Gasteiger partial charge in [0.2, 0.25) is 11.8 Å². The van der Waals surface area contributed by atoms with Crippen LogP contribution in [-0.4, -0.2) is 57.1 Å². The number of amides is 2. The van der Waals surface area contributed by atoms with E-state index >= 15 is 0 Å². The number of rotatable bonds is 3. The van der Waals surface area contributed by atoms with Crippen molar-refractivity contribution >= 4 is 51.9 Å². The number of benzene rings is 1. The number of carbonyl (C=O) groups excluding carboxylic acids is 2. The highest BCUT2D eigenvalue weighted by Crippen LogP contribution is 2.36. The minimum atomic E-state index is -0.465. The van der Waals surface area contributed by atoms with E-state index in [0.717, 1.165) is 12.1 Å². The van der Waals surface area contributed by atoms with E-state index in [2.05, 4.69) is 0 Å². The van der Waals surface area contributed by atoms with Gasteiger partial charge >= 0.3 is 0 Å². The molecule has 0 bridgehead atoms. The van der Waals surface area contributed by atoms with E-state index < -0.39 is 11.6 Å². The predicted octanol–water partition coefficient (Wildman–Crippen LogP) is 2.83. The molecule has 2 fully saturated rings. The molecular weight excluding hydrogens is 386 g/mol. The quantitative estimate of drug-likeness (QED) is 0.728. The Morgan fingerprint density at radius 1 is 1.32 bits per heavy atom. The molecule has 2 saturated heterocycles. The molecule has 0 radical (unpaired) electrons. The average molecular weight is 403 g/mol. The molecule has 3 rings (SSSR count). The zero-order valence-electron chi connectivity index (χ0n) is 13.2. The first kappa shape index (κ1) is 18.6. The third-order valence-electron chi connectivity index (χ3n) is 4.13. The molecule has 134 valence electrons. The summed E-state index contributed by atoms with van der Waals surface area (Å²) in [6, 6.07) is 3.46. The summed E-state index contributed by atoms with van der Waals surface area (Å²) in [4.78, 5) is 27.2. The van der Waals surface area contributed by atoms with E-state index in [4.69, 9.17) is 12.2 Å². The zero-order valence-corrected chi connectivity index (χ0v) is 15.7. The number of thioether (sulfide) groups is 2. The molecule has 0 unspecified atom stereocenters. The number of hydrogen-bond donors (Lipinski definition) is 0. The van der Waals surface area contributed by atoms with E-state index in [1.807, 2.05) is 0 Å². The van der Waals surface area contributed by atoms with Gasteiger partial charge in [-0.1, -0.05) is 24.0 Å². The zero-order chi connectivity index (χ0) is 18.0. The van der Waals surface area contributed by atoms with Gasteiger partial charge in [-0.15, -0.1) is 0 Å². The first-order valence-corrected chi connectivity index (χ1v) is 10.2. The number of thiocarbonyl (C=S) groups is 1. The van der Waals surface area contributed by atoms with Crippen molar-refractivity contribution < 1.29 is 18.4 Å². The first-order chi connectivity index (χ1) is 12.0. The lowest BCUT2D eigenvalue weighted by atomic mass is 10.1. The highest BCUT2D eigenvalue weighted by molar-refractivity contribution is 8.23. The van der Waals surface area contributed by atoms with Gasteiger partial charge in [-0.05, 0) is 24.6 Å². The minimum absolute atomic E-state index is 0.0473. The summed E-state index contributed by atoms with van der Waals surface area (Å²) >= 11 is 7.87. The molecule has 2 aliphatic rings. The lowest BCUT2D eigenvalue weighted by Crippen LogP contribution is -2.43. The van der Waals surface area contributed by atoms with Gasteiger partial charge in [-0.2, -0.15) is 11.8 Å². The Bertz CT molecular complexity index is 701. The lowest BCUT2D eigenvalue weighted by molar-refractivity contribution is -0.135. The molecule has 4 nitrogen and oxygen atoms in total. The SMILES string of the molecule is O=C(CN1C(=O)CSC1=S)N1CCS[C@@H](c2cc(F)ccc2F)CC1. The predicted molar refractivity (Wildman–Crippen MR) is 99.5 cm³/mol. The van der Waals surface area contributed by atoms with Crippen LogP contribution in [0.5, 0.6) is 0 Å². The minimum Gasteiger partial charge on any atom is -0.340 e. The van der Waals surface area contributed by atoms with Gasteiger partial charge < -0.3 is 4.90 Å². The monoisotopic (exact) mass is 402 g/mol. The van der Waals surface area contributed by atoms with Crippen molar-refractivity contribution in [2.45, 2.75) is 11.7 Å². The van der Waals surface area contributed by atoms with Crippen molar-refractivity contribution in [2.24, 2.45) is 0 Å². The van der Waals surface area contributed by atoms with E-state index in [1.165, 1.54) is 34.5 Å². The molecule has 1 aromatic rings. The van der Waals surface area contributed by atoms with Crippen LogP contribution in [0, 0.1) is 11.6 Å². The van der Waals surface area contributed by atoms with Gasteiger partial charge in [0.25, 0.3) is 0 Å². The maximum atomic E-state index is 14.0. The van der Waals surface area contributed by atoms with E-state index in [9.17, 15) is 18.4 Å². The Kier molecular flexibility index (Phi) is 5.96. The summed E-state index contributed by atoms with van der Waals surface area (Å²) in [6.07, 6.45) is 0.532. The second-order valence-electron chi connectivity index (χ2n) is 5.73. The number of halogens is 2. The Morgan fingerprint density at radius 2 is 2.12 bits per heavy atom. The Labute approximate surface area is 158 Å². The highest BCUT2D eigenvalue weighted by atomic mass is 32.2. The van der Waals surface area contributed by atoms with Crippen LogP contribution in [0.15, 0.2) is 18.2 Å². The van der Waals surface area contributed by atoms with Crippen LogP contribution in [0.25, 0.3) is 0 Å². The molecule has 0 saturated carbocycles. The van der Waals surface area contributed by atoms with Crippen LogP contribution in [0.2, 0.25) is 0 Å². The Morgan fingerprint density at radius 3 is 2.84 bits per heavy atom. The molecule has 9 heteroatoms. The summed E-state index contributed by atoms with van der Waals surface area (Å²) in [7, 11) is 0. The third kappa shape index (κ3) is 4.32. The Hall–Kier alpha value is -1.19. The highest BCUT2D eigenvalue weighted by Gasteiger charge is 2.31. The van der Waals surface area contributed by atoms with Crippen LogP contribution in [-0.2, 0) is 9.59 Å². The van der Waals surface area contributed by atoms with Crippen LogP contribution in [0.3, 0.4) is 0 Å². The smallest absolute Gasteiger partial charge is 0.242 e. The summed E-state index contributed by atoms with van der Waals surface area (Å²) in [5.74, 6) is -0.301. The molecule has 2 amide bonds. The number of carbonyl (C=O) groups is 2. The van der Waals surface area contributed by atoms with Crippen molar-refractivity contribution in [1.82, 2.24) is 9.80 Å². The van der Waals surface area contributed by atoms with Gasteiger partial charge in [0, 0.05) is 29.7 Å². The fraction of sp³-hybridized carbons (Fsp3) is 0.438. The van der Waals surface area contributed by atoms with Gasteiger partial charge in [0.15, 0.2) is 0 Å². The molecular formula is C16H16F2N2O2S3. The van der Waals surface area contributed by atoms with Crippen LogP contribution < -0.4 is 0 Å². The summed E-state index contributed by atoms with van der Waals surface area (Å²) < 4.78 is 27.8. The van der Waals surface area contributed by atoms with Crippen molar-refractivity contribution in [2.75, 3.05) is 31.1 Å². The molecule has 25 heavy (non-hydrogen) atoms. The number of nitrogens with zero attached hydrogens (tertiary/aromatic N) is 2.